The fourth-order valence-electron chi connectivity index (χ4n) is 2.70. The summed E-state index contributed by atoms with van der Waals surface area (Å²) >= 11 is 17.2. The lowest BCUT2D eigenvalue weighted by Gasteiger charge is -2.25. The Hall–Kier alpha value is -1.08. The molecule has 1 unspecified atom stereocenters. The third kappa shape index (κ3) is 4.42. The number of methoxy groups -OCH3 is 1. The zero-order chi connectivity index (χ0) is 18.7. The zero-order valence-corrected chi connectivity index (χ0v) is 17.8. The van der Waals surface area contributed by atoms with Crippen molar-refractivity contribution in [2.24, 2.45) is 0 Å². The summed E-state index contributed by atoms with van der Waals surface area (Å²) in [5.74, 6) is 1.95. The minimum Gasteiger partial charge on any atom is -0.496 e. The first-order valence-corrected chi connectivity index (χ1v) is 10.4. The van der Waals surface area contributed by atoms with Crippen LogP contribution >= 0.6 is 50.9 Å². The molecule has 0 bridgehead atoms. The third-order valence-electron chi connectivity index (χ3n) is 3.91. The second-order valence-corrected chi connectivity index (χ2v) is 8.51. The highest BCUT2D eigenvalue weighted by Gasteiger charge is 2.33. The summed E-state index contributed by atoms with van der Waals surface area (Å²) in [5.41, 5.74) is 0.960. The minimum absolute atomic E-state index is 0.0886. The molecular formula is C18H16BrCl2NO3S. The van der Waals surface area contributed by atoms with E-state index in [1.54, 1.807) is 42.0 Å². The van der Waals surface area contributed by atoms with E-state index >= 15 is 0 Å². The van der Waals surface area contributed by atoms with Crippen molar-refractivity contribution in [2.75, 3.05) is 26.0 Å². The Labute approximate surface area is 174 Å². The average molecular weight is 477 g/mol. The Morgan fingerprint density at radius 2 is 2.04 bits per heavy atom. The van der Waals surface area contributed by atoms with Crippen molar-refractivity contribution in [1.29, 1.82) is 0 Å². The molecule has 2 aromatic rings. The van der Waals surface area contributed by atoms with Crippen LogP contribution in [0.5, 0.6) is 11.5 Å². The summed E-state index contributed by atoms with van der Waals surface area (Å²) in [7, 11) is 1.63. The van der Waals surface area contributed by atoms with Crippen LogP contribution in [0.15, 0.2) is 40.9 Å². The van der Waals surface area contributed by atoms with Gasteiger partial charge in [-0.2, -0.15) is 0 Å². The van der Waals surface area contributed by atoms with Gasteiger partial charge in [0.25, 0.3) is 5.91 Å². The maximum absolute atomic E-state index is 12.7. The third-order valence-corrected chi connectivity index (χ3v) is 6.18. The van der Waals surface area contributed by atoms with E-state index in [0.29, 0.717) is 22.3 Å². The van der Waals surface area contributed by atoms with Crippen molar-refractivity contribution in [2.45, 2.75) is 5.37 Å². The minimum atomic E-state index is -0.112. The molecule has 0 spiro atoms. The molecule has 1 aliphatic heterocycles. The molecule has 138 valence electrons. The first kappa shape index (κ1) is 19.7. The van der Waals surface area contributed by atoms with Gasteiger partial charge in [-0.25, -0.2) is 0 Å². The van der Waals surface area contributed by atoms with Crippen LogP contribution in [0.4, 0.5) is 0 Å². The molecule has 0 N–H and O–H groups in total. The molecule has 1 saturated heterocycles. The Kier molecular flexibility index (Phi) is 6.61. The standard InChI is InChI=1S/C18H16BrCl2NO3S/c1-24-15-4-2-11(19)8-13(15)18-22(6-7-26-18)17(23)10-25-16-5-3-12(20)9-14(16)21/h2-5,8-9,18H,6-7,10H2,1H3. The first-order chi connectivity index (χ1) is 12.5. The maximum Gasteiger partial charge on any atom is 0.261 e. The van der Waals surface area contributed by atoms with Crippen molar-refractivity contribution in [3.8, 4) is 11.5 Å². The number of rotatable bonds is 5. The van der Waals surface area contributed by atoms with Gasteiger partial charge in [0.15, 0.2) is 6.61 Å². The number of halogens is 3. The molecule has 4 nitrogen and oxygen atoms in total. The van der Waals surface area contributed by atoms with Gasteiger partial charge in [0.05, 0.1) is 12.1 Å². The Morgan fingerprint density at radius 1 is 1.27 bits per heavy atom. The normalized spacial score (nSPS) is 16.6. The molecule has 0 radical (unpaired) electrons. The largest absolute Gasteiger partial charge is 0.496 e. The van der Waals surface area contributed by atoms with E-state index in [-0.39, 0.29) is 17.9 Å². The SMILES string of the molecule is COc1ccc(Br)cc1C1SCCN1C(=O)COc1ccc(Cl)cc1Cl. The van der Waals surface area contributed by atoms with Gasteiger partial charge in [-0.3, -0.25) is 4.79 Å². The van der Waals surface area contributed by atoms with Gasteiger partial charge in [0, 0.05) is 27.4 Å². The quantitative estimate of drug-likeness (QED) is 0.577. The summed E-state index contributed by atoms with van der Waals surface area (Å²) in [5, 5.41) is 0.789. The van der Waals surface area contributed by atoms with Crippen LogP contribution in [0.3, 0.4) is 0 Å². The van der Waals surface area contributed by atoms with Crippen molar-refractivity contribution < 1.29 is 14.3 Å². The monoisotopic (exact) mass is 475 g/mol. The van der Waals surface area contributed by atoms with Gasteiger partial charge in [0.2, 0.25) is 0 Å². The number of nitrogens with zero attached hydrogens (tertiary/aromatic N) is 1. The Balaban J connectivity index is 1.73. The summed E-state index contributed by atoms with van der Waals surface area (Å²) < 4.78 is 12.0. The molecule has 2 aromatic carbocycles. The Bertz CT molecular complexity index is 821. The van der Waals surface area contributed by atoms with Crippen LogP contribution in [-0.4, -0.2) is 36.8 Å². The average Bonchev–Trinajstić information content (AvgIpc) is 3.10. The van der Waals surface area contributed by atoms with Crippen molar-refractivity contribution >= 4 is 56.8 Å². The molecule has 0 aromatic heterocycles. The molecule has 0 saturated carbocycles. The van der Waals surface area contributed by atoms with Gasteiger partial charge < -0.3 is 14.4 Å². The van der Waals surface area contributed by atoms with Crippen molar-refractivity contribution in [3.63, 3.8) is 0 Å². The predicted octanol–water partition coefficient (Wildman–Crippen LogP) is 5.42. The second-order valence-electron chi connectivity index (χ2n) is 5.56. The number of thioether (sulfide) groups is 1. The zero-order valence-electron chi connectivity index (χ0n) is 13.9. The van der Waals surface area contributed by atoms with Gasteiger partial charge in [-0.1, -0.05) is 39.1 Å². The topological polar surface area (TPSA) is 38.8 Å². The number of carbonyl (C=O) groups excluding carboxylic acids is 1. The fourth-order valence-corrected chi connectivity index (χ4v) is 4.83. The number of benzene rings is 2. The van der Waals surface area contributed by atoms with E-state index < -0.39 is 0 Å². The van der Waals surface area contributed by atoms with Gasteiger partial charge in [-0.05, 0) is 36.4 Å². The number of ether oxygens (including phenoxy) is 2. The van der Waals surface area contributed by atoms with E-state index in [4.69, 9.17) is 32.7 Å². The molecule has 26 heavy (non-hydrogen) atoms. The van der Waals surface area contributed by atoms with Crippen LogP contribution in [-0.2, 0) is 4.79 Å². The molecule has 1 heterocycles. The lowest BCUT2D eigenvalue weighted by atomic mass is 10.2. The van der Waals surface area contributed by atoms with Crippen LogP contribution < -0.4 is 9.47 Å². The molecule has 8 heteroatoms. The van der Waals surface area contributed by atoms with E-state index in [2.05, 4.69) is 15.9 Å². The molecule has 3 rings (SSSR count). The second kappa shape index (κ2) is 8.74. The molecular weight excluding hydrogens is 461 g/mol. The number of hydrogen-bond donors (Lipinski definition) is 0. The number of carbonyl (C=O) groups is 1. The van der Waals surface area contributed by atoms with E-state index in [0.717, 1.165) is 21.5 Å². The van der Waals surface area contributed by atoms with Crippen LogP contribution in [0, 0.1) is 0 Å². The van der Waals surface area contributed by atoms with Crippen LogP contribution in [0.2, 0.25) is 10.0 Å². The smallest absolute Gasteiger partial charge is 0.261 e. The summed E-state index contributed by atoms with van der Waals surface area (Å²) in [6.07, 6.45) is 0. The van der Waals surface area contributed by atoms with Gasteiger partial charge >= 0.3 is 0 Å². The highest BCUT2D eigenvalue weighted by molar-refractivity contribution is 9.10. The molecule has 1 fully saturated rings. The summed E-state index contributed by atoms with van der Waals surface area (Å²) in [6, 6.07) is 10.7. The van der Waals surface area contributed by atoms with Gasteiger partial charge in [-0.15, -0.1) is 11.8 Å². The summed E-state index contributed by atoms with van der Waals surface area (Å²) in [6.45, 7) is 0.566. The molecule has 1 amide bonds. The predicted molar refractivity (Wildman–Crippen MR) is 110 cm³/mol. The van der Waals surface area contributed by atoms with E-state index in [1.807, 2.05) is 18.2 Å². The highest BCUT2D eigenvalue weighted by atomic mass is 79.9. The van der Waals surface area contributed by atoms with E-state index in [1.165, 1.54) is 0 Å². The lowest BCUT2D eigenvalue weighted by Crippen LogP contribution is -2.34. The Morgan fingerprint density at radius 3 is 2.77 bits per heavy atom. The highest BCUT2D eigenvalue weighted by Crippen LogP contribution is 2.43. The molecule has 1 aliphatic rings. The maximum atomic E-state index is 12.7. The molecule has 0 aliphatic carbocycles. The van der Waals surface area contributed by atoms with Crippen molar-refractivity contribution in [1.82, 2.24) is 4.90 Å². The number of hydrogen-bond acceptors (Lipinski definition) is 4. The van der Waals surface area contributed by atoms with Crippen LogP contribution in [0.25, 0.3) is 0 Å². The number of amides is 1. The lowest BCUT2D eigenvalue weighted by molar-refractivity contribution is -0.133. The van der Waals surface area contributed by atoms with Crippen LogP contribution in [0.1, 0.15) is 10.9 Å². The van der Waals surface area contributed by atoms with Crippen molar-refractivity contribution in [3.05, 3.63) is 56.5 Å². The molecule has 1 atom stereocenters. The fraction of sp³-hybridized carbons (Fsp3) is 0.278. The van der Waals surface area contributed by atoms with Gasteiger partial charge in [0.1, 0.15) is 16.9 Å². The summed E-state index contributed by atoms with van der Waals surface area (Å²) in [4.78, 5) is 14.5. The first-order valence-electron chi connectivity index (χ1n) is 7.82. The van der Waals surface area contributed by atoms with E-state index in [9.17, 15) is 4.79 Å².